The number of aryl methyl sites for hydroxylation is 2. The number of fused-ring (bicyclic) bond motifs is 5. The predicted molar refractivity (Wildman–Crippen MR) is 97.8 cm³/mol. The van der Waals surface area contributed by atoms with E-state index in [0.29, 0.717) is 17.2 Å². The number of H-pyrrole nitrogens is 1. The molecule has 4 rings (SSSR count). The Morgan fingerprint density at radius 2 is 1.65 bits per heavy atom. The molecule has 2 N–H and O–H groups in total. The van der Waals surface area contributed by atoms with Crippen molar-refractivity contribution in [3.8, 4) is 28.4 Å². The quantitative estimate of drug-likeness (QED) is 0.748. The Morgan fingerprint density at radius 3 is 2.31 bits per heavy atom. The van der Waals surface area contributed by atoms with E-state index in [-0.39, 0.29) is 5.56 Å². The highest BCUT2D eigenvalue weighted by molar-refractivity contribution is 6.04. The van der Waals surface area contributed by atoms with E-state index in [2.05, 4.69) is 4.98 Å². The van der Waals surface area contributed by atoms with Crippen LogP contribution in [-0.2, 0) is 12.8 Å². The van der Waals surface area contributed by atoms with Crippen LogP contribution >= 0.6 is 0 Å². The number of methoxy groups -OCH3 is 3. The molecule has 0 aliphatic heterocycles. The van der Waals surface area contributed by atoms with Crippen LogP contribution in [0.4, 0.5) is 0 Å². The zero-order valence-corrected chi connectivity index (χ0v) is 14.8. The first kappa shape index (κ1) is 16.3. The minimum absolute atomic E-state index is 0.148. The number of aromatic nitrogens is 1. The van der Waals surface area contributed by atoms with E-state index in [4.69, 9.17) is 14.2 Å². The van der Waals surface area contributed by atoms with E-state index in [1.807, 2.05) is 12.1 Å². The third-order valence-corrected chi connectivity index (χ3v) is 4.95. The maximum Gasteiger partial charge on any atom is 0.339 e. The monoisotopic (exact) mass is 353 g/mol. The maximum absolute atomic E-state index is 11.6. The number of carboxylic acid groups (broad SMARTS) is 1. The summed E-state index contributed by atoms with van der Waals surface area (Å²) in [5.41, 5.74) is 5.31. The van der Waals surface area contributed by atoms with Crippen molar-refractivity contribution in [3.05, 3.63) is 41.1 Å². The molecule has 2 aromatic carbocycles. The lowest BCUT2D eigenvalue weighted by Crippen LogP contribution is -2.04. The molecule has 0 saturated carbocycles. The van der Waals surface area contributed by atoms with Crippen LogP contribution in [0, 0.1) is 0 Å². The standard InChI is InChI=1S/C20H19NO5/c1-24-16-9-15-12(7-13(16)20(22)23)19-11-8-18(26-3)17(25-2)6-10(11)4-5-14(19)21-15/h6-9,21H,4-5H2,1-3H3,(H,22,23). The molecule has 0 unspecified atom stereocenters. The summed E-state index contributed by atoms with van der Waals surface area (Å²) < 4.78 is 16.1. The summed E-state index contributed by atoms with van der Waals surface area (Å²) in [5, 5.41) is 10.4. The minimum atomic E-state index is -1.01. The summed E-state index contributed by atoms with van der Waals surface area (Å²) in [7, 11) is 4.70. The fourth-order valence-corrected chi connectivity index (χ4v) is 3.73. The molecule has 0 spiro atoms. The Morgan fingerprint density at radius 1 is 0.962 bits per heavy atom. The van der Waals surface area contributed by atoms with E-state index in [0.717, 1.165) is 46.1 Å². The summed E-state index contributed by atoms with van der Waals surface area (Å²) in [5.74, 6) is 0.682. The van der Waals surface area contributed by atoms with Gasteiger partial charge in [-0.1, -0.05) is 0 Å². The van der Waals surface area contributed by atoms with Gasteiger partial charge in [-0.3, -0.25) is 0 Å². The van der Waals surface area contributed by atoms with Crippen molar-refractivity contribution >= 4 is 16.9 Å². The second-order valence-electron chi connectivity index (χ2n) is 6.25. The van der Waals surface area contributed by atoms with Crippen LogP contribution in [0.5, 0.6) is 17.2 Å². The first-order chi connectivity index (χ1) is 12.6. The van der Waals surface area contributed by atoms with Crippen molar-refractivity contribution < 1.29 is 24.1 Å². The van der Waals surface area contributed by atoms with Gasteiger partial charge in [-0.15, -0.1) is 0 Å². The molecule has 26 heavy (non-hydrogen) atoms. The summed E-state index contributed by atoms with van der Waals surface area (Å²) in [6.45, 7) is 0. The van der Waals surface area contributed by atoms with Gasteiger partial charge >= 0.3 is 5.97 Å². The van der Waals surface area contributed by atoms with Crippen LogP contribution in [-0.4, -0.2) is 37.4 Å². The molecule has 0 fully saturated rings. The van der Waals surface area contributed by atoms with Crippen LogP contribution in [0.3, 0.4) is 0 Å². The fraction of sp³-hybridized carbons (Fsp3) is 0.250. The number of carbonyl (C=O) groups is 1. The number of benzene rings is 2. The van der Waals surface area contributed by atoms with E-state index in [1.165, 1.54) is 7.11 Å². The highest BCUT2D eigenvalue weighted by Gasteiger charge is 2.25. The van der Waals surface area contributed by atoms with Crippen LogP contribution < -0.4 is 14.2 Å². The number of nitrogens with one attached hydrogen (secondary N) is 1. The SMILES string of the molecule is COc1cc2c(cc1OC)-c1c([nH]c3cc(OC)c(C(=O)O)cc13)CC2. The van der Waals surface area contributed by atoms with Crippen molar-refractivity contribution in [1.82, 2.24) is 4.98 Å². The highest BCUT2D eigenvalue weighted by Crippen LogP contribution is 2.44. The molecule has 6 heteroatoms. The summed E-state index contributed by atoms with van der Waals surface area (Å²) in [6.07, 6.45) is 1.72. The molecule has 0 saturated heterocycles. The third-order valence-electron chi connectivity index (χ3n) is 4.95. The Kier molecular flexibility index (Phi) is 3.76. The molecule has 0 atom stereocenters. The van der Waals surface area contributed by atoms with Crippen molar-refractivity contribution in [2.45, 2.75) is 12.8 Å². The van der Waals surface area contributed by atoms with Crippen molar-refractivity contribution in [2.24, 2.45) is 0 Å². The Hall–Kier alpha value is -3.15. The average Bonchev–Trinajstić information content (AvgIpc) is 3.03. The number of aromatic amines is 1. The third kappa shape index (κ3) is 2.29. The molecule has 0 bridgehead atoms. The highest BCUT2D eigenvalue weighted by atomic mass is 16.5. The van der Waals surface area contributed by atoms with E-state index < -0.39 is 5.97 Å². The molecule has 1 heterocycles. The van der Waals surface area contributed by atoms with Crippen molar-refractivity contribution in [2.75, 3.05) is 21.3 Å². The zero-order chi connectivity index (χ0) is 18.4. The predicted octanol–water partition coefficient (Wildman–Crippen LogP) is 3.66. The minimum Gasteiger partial charge on any atom is -0.496 e. The van der Waals surface area contributed by atoms with Crippen molar-refractivity contribution in [3.63, 3.8) is 0 Å². The van der Waals surface area contributed by atoms with E-state index >= 15 is 0 Å². The molecule has 0 amide bonds. The van der Waals surface area contributed by atoms with Crippen molar-refractivity contribution in [1.29, 1.82) is 0 Å². The smallest absolute Gasteiger partial charge is 0.339 e. The average molecular weight is 353 g/mol. The molecule has 6 nitrogen and oxygen atoms in total. The molecule has 1 aliphatic carbocycles. The number of rotatable bonds is 4. The lowest BCUT2D eigenvalue weighted by molar-refractivity contribution is 0.0693. The zero-order valence-electron chi connectivity index (χ0n) is 14.8. The van der Waals surface area contributed by atoms with Gasteiger partial charge in [0.2, 0.25) is 0 Å². The number of hydrogen-bond donors (Lipinski definition) is 2. The van der Waals surface area contributed by atoms with Gasteiger partial charge < -0.3 is 24.3 Å². The van der Waals surface area contributed by atoms with E-state index in [9.17, 15) is 9.90 Å². The van der Waals surface area contributed by atoms with Gasteiger partial charge in [0.1, 0.15) is 11.3 Å². The number of hydrogen-bond acceptors (Lipinski definition) is 4. The first-order valence-corrected chi connectivity index (χ1v) is 8.28. The largest absolute Gasteiger partial charge is 0.496 e. The second kappa shape index (κ2) is 5.98. The summed E-state index contributed by atoms with van der Waals surface area (Å²) in [6, 6.07) is 7.39. The van der Waals surface area contributed by atoms with Crippen LogP contribution in [0.1, 0.15) is 21.6 Å². The molecule has 1 aromatic heterocycles. The second-order valence-corrected chi connectivity index (χ2v) is 6.25. The van der Waals surface area contributed by atoms with Gasteiger partial charge in [0.25, 0.3) is 0 Å². The summed E-state index contributed by atoms with van der Waals surface area (Å²) >= 11 is 0. The lowest BCUT2D eigenvalue weighted by atomic mass is 9.87. The van der Waals surface area contributed by atoms with Gasteiger partial charge in [-0.05, 0) is 42.2 Å². The normalized spacial score (nSPS) is 12.4. The molecule has 3 aromatic rings. The first-order valence-electron chi connectivity index (χ1n) is 8.28. The molecule has 134 valence electrons. The topological polar surface area (TPSA) is 80.8 Å². The van der Waals surface area contributed by atoms with Crippen LogP contribution in [0.15, 0.2) is 24.3 Å². The van der Waals surface area contributed by atoms with Gasteiger partial charge in [-0.25, -0.2) is 4.79 Å². The Labute approximate surface area is 150 Å². The molecular weight excluding hydrogens is 334 g/mol. The van der Waals surface area contributed by atoms with Crippen LogP contribution in [0.25, 0.3) is 22.0 Å². The fourth-order valence-electron chi connectivity index (χ4n) is 3.73. The molecule has 0 radical (unpaired) electrons. The van der Waals surface area contributed by atoms with Gasteiger partial charge in [0.15, 0.2) is 11.5 Å². The molecular formula is C20H19NO5. The maximum atomic E-state index is 11.6. The Bertz CT molecular complexity index is 1030. The number of ether oxygens (including phenoxy) is 3. The summed E-state index contributed by atoms with van der Waals surface area (Å²) in [4.78, 5) is 15.0. The van der Waals surface area contributed by atoms with E-state index in [1.54, 1.807) is 26.4 Å². The number of carboxylic acids is 1. The van der Waals surface area contributed by atoms with Gasteiger partial charge in [0.05, 0.1) is 21.3 Å². The lowest BCUT2D eigenvalue weighted by Gasteiger charge is -2.20. The van der Waals surface area contributed by atoms with Crippen LogP contribution in [0.2, 0.25) is 0 Å². The van der Waals surface area contributed by atoms with Gasteiger partial charge in [0, 0.05) is 28.2 Å². The molecule has 1 aliphatic rings. The Balaban J connectivity index is 2.02. The van der Waals surface area contributed by atoms with Gasteiger partial charge in [-0.2, -0.15) is 0 Å². The number of aromatic carboxylic acids is 1.